The van der Waals surface area contributed by atoms with Crippen LogP contribution >= 0.6 is 11.8 Å². The van der Waals surface area contributed by atoms with Crippen molar-refractivity contribution in [2.75, 3.05) is 11.6 Å². The predicted octanol–water partition coefficient (Wildman–Crippen LogP) is 4.97. The SMILES string of the molecule is CSc1ccccc1NC(=O)C(C)Oc1ccc2ccccc2c1. The molecule has 3 aromatic carbocycles. The van der Waals surface area contributed by atoms with Crippen molar-refractivity contribution < 1.29 is 9.53 Å². The number of ether oxygens (including phenoxy) is 1. The molecule has 122 valence electrons. The van der Waals surface area contributed by atoms with Crippen molar-refractivity contribution in [1.29, 1.82) is 0 Å². The highest BCUT2D eigenvalue weighted by atomic mass is 32.2. The van der Waals surface area contributed by atoms with Crippen LogP contribution in [0.4, 0.5) is 5.69 Å². The van der Waals surface area contributed by atoms with Gasteiger partial charge in [-0.15, -0.1) is 11.8 Å². The van der Waals surface area contributed by atoms with Crippen molar-refractivity contribution in [2.45, 2.75) is 17.9 Å². The Labute approximate surface area is 146 Å². The van der Waals surface area contributed by atoms with Crippen LogP contribution in [0.1, 0.15) is 6.92 Å². The van der Waals surface area contributed by atoms with E-state index >= 15 is 0 Å². The molecule has 0 saturated heterocycles. The van der Waals surface area contributed by atoms with Gasteiger partial charge in [0.1, 0.15) is 5.75 Å². The maximum atomic E-state index is 12.4. The van der Waals surface area contributed by atoms with Gasteiger partial charge in [0.15, 0.2) is 6.10 Å². The molecule has 0 aromatic heterocycles. The summed E-state index contributed by atoms with van der Waals surface area (Å²) >= 11 is 1.60. The normalized spacial score (nSPS) is 11.9. The van der Waals surface area contributed by atoms with Crippen molar-refractivity contribution in [2.24, 2.45) is 0 Å². The van der Waals surface area contributed by atoms with Crippen molar-refractivity contribution >= 4 is 34.1 Å². The van der Waals surface area contributed by atoms with Crippen LogP contribution in [0.3, 0.4) is 0 Å². The number of para-hydroxylation sites is 1. The smallest absolute Gasteiger partial charge is 0.265 e. The molecule has 0 fully saturated rings. The Hall–Kier alpha value is -2.46. The second-order valence-electron chi connectivity index (χ2n) is 5.46. The van der Waals surface area contributed by atoms with Crippen LogP contribution in [-0.2, 0) is 4.79 Å². The number of nitrogens with one attached hydrogen (secondary N) is 1. The van der Waals surface area contributed by atoms with Crippen molar-refractivity contribution in [3.63, 3.8) is 0 Å². The van der Waals surface area contributed by atoms with Crippen molar-refractivity contribution in [1.82, 2.24) is 0 Å². The number of thioether (sulfide) groups is 1. The maximum absolute atomic E-state index is 12.4. The lowest BCUT2D eigenvalue weighted by Crippen LogP contribution is -2.30. The van der Waals surface area contributed by atoms with E-state index in [1.165, 1.54) is 0 Å². The number of anilines is 1. The predicted molar refractivity (Wildman–Crippen MR) is 101 cm³/mol. The van der Waals surface area contributed by atoms with E-state index in [0.29, 0.717) is 5.75 Å². The number of hydrogen-bond donors (Lipinski definition) is 1. The molecule has 0 aliphatic heterocycles. The second kappa shape index (κ2) is 7.41. The first-order valence-electron chi connectivity index (χ1n) is 7.77. The fraction of sp³-hybridized carbons (Fsp3) is 0.150. The molecule has 0 heterocycles. The standard InChI is InChI=1S/C20H19NO2S/c1-14(20(22)21-18-9-5-6-10-19(18)24-2)23-17-12-11-15-7-3-4-8-16(15)13-17/h3-14H,1-2H3,(H,21,22). The molecular formula is C20H19NO2S. The third-order valence-electron chi connectivity index (χ3n) is 3.77. The first-order chi connectivity index (χ1) is 11.7. The van der Waals surface area contributed by atoms with E-state index < -0.39 is 6.10 Å². The summed E-state index contributed by atoms with van der Waals surface area (Å²) in [6.45, 7) is 1.76. The van der Waals surface area contributed by atoms with Crippen LogP contribution in [0.15, 0.2) is 71.6 Å². The van der Waals surface area contributed by atoms with Crippen LogP contribution in [0.5, 0.6) is 5.75 Å². The van der Waals surface area contributed by atoms with Crippen LogP contribution in [0, 0.1) is 0 Å². The van der Waals surface area contributed by atoms with Crippen LogP contribution < -0.4 is 10.1 Å². The molecule has 0 saturated carbocycles. The van der Waals surface area contributed by atoms with Crippen molar-refractivity contribution in [3.8, 4) is 5.75 Å². The van der Waals surface area contributed by atoms with E-state index in [-0.39, 0.29) is 5.91 Å². The molecule has 0 aliphatic carbocycles. The summed E-state index contributed by atoms with van der Waals surface area (Å²) in [5.41, 5.74) is 0.809. The van der Waals surface area contributed by atoms with Gasteiger partial charge in [0, 0.05) is 4.90 Å². The van der Waals surface area contributed by atoms with E-state index in [2.05, 4.69) is 11.4 Å². The molecular weight excluding hydrogens is 318 g/mol. The lowest BCUT2D eigenvalue weighted by molar-refractivity contribution is -0.122. The summed E-state index contributed by atoms with van der Waals surface area (Å²) in [5.74, 6) is 0.527. The fourth-order valence-corrected chi connectivity index (χ4v) is 3.03. The Kier molecular flexibility index (Phi) is 5.06. The highest BCUT2D eigenvalue weighted by Gasteiger charge is 2.16. The van der Waals surface area contributed by atoms with Gasteiger partial charge in [0.2, 0.25) is 0 Å². The minimum Gasteiger partial charge on any atom is -0.481 e. The lowest BCUT2D eigenvalue weighted by Gasteiger charge is -2.16. The highest BCUT2D eigenvalue weighted by molar-refractivity contribution is 7.98. The Morgan fingerprint density at radius 3 is 2.50 bits per heavy atom. The largest absolute Gasteiger partial charge is 0.481 e. The molecule has 24 heavy (non-hydrogen) atoms. The minimum atomic E-state index is -0.582. The molecule has 3 aromatic rings. The van der Waals surface area contributed by atoms with Crippen LogP contribution in [0.25, 0.3) is 10.8 Å². The Bertz CT molecular complexity index is 863. The van der Waals surface area contributed by atoms with Gasteiger partial charge in [-0.1, -0.05) is 42.5 Å². The molecule has 1 unspecified atom stereocenters. The van der Waals surface area contributed by atoms with Gasteiger partial charge < -0.3 is 10.1 Å². The minimum absolute atomic E-state index is 0.162. The third kappa shape index (κ3) is 3.71. The molecule has 1 amide bonds. The molecule has 3 rings (SSSR count). The number of benzene rings is 3. The Morgan fingerprint density at radius 1 is 1.00 bits per heavy atom. The number of carbonyl (C=O) groups excluding carboxylic acids is 1. The fourth-order valence-electron chi connectivity index (χ4n) is 2.48. The van der Waals surface area contributed by atoms with Gasteiger partial charge >= 0.3 is 0 Å². The summed E-state index contributed by atoms with van der Waals surface area (Å²) in [6.07, 6.45) is 1.40. The lowest BCUT2D eigenvalue weighted by atomic mass is 10.1. The Balaban J connectivity index is 1.71. The summed E-state index contributed by atoms with van der Waals surface area (Å²) in [7, 11) is 0. The number of rotatable bonds is 5. The monoisotopic (exact) mass is 337 g/mol. The molecule has 1 N–H and O–H groups in total. The summed E-state index contributed by atoms with van der Waals surface area (Å²) < 4.78 is 5.81. The molecule has 0 aliphatic rings. The third-order valence-corrected chi connectivity index (χ3v) is 4.56. The molecule has 0 spiro atoms. The zero-order valence-corrected chi connectivity index (χ0v) is 14.5. The molecule has 0 bridgehead atoms. The van der Waals surface area contributed by atoms with Gasteiger partial charge in [0.05, 0.1) is 5.69 Å². The zero-order chi connectivity index (χ0) is 16.9. The maximum Gasteiger partial charge on any atom is 0.265 e. The zero-order valence-electron chi connectivity index (χ0n) is 13.7. The first kappa shape index (κ1) is 16.4. The van der Waals surface area contributed by atoms with Gasteiger partial charge in [-0.3, -0.25) is 4.79 Å². The van der Waals surface area contributed by atoms with Gasteiger partial charge in [-0.25, -0.2) is 0 Å². The number of fused-ring (bicyclic) bond motifs is 1. The van der Waals surface area contributed by atoms with E-state index in [9.17, 15) is 4.79 Å². The summed E-state index contributed by atoms with van der Waals surface area (Å²) in [5, 5.41) is 5.18. The molecule has 4 heteroatoms. The summed E-state index contributed by atoms with van der Waals surface area (Å²) in [6, 6.07) is 21.7. The second-order valence-corrected chi connectivity index (χ2v) is 6.31. The number of carbonyl (C=O) groups is 1. The number of hydrogen-bond acceptors (Lipinski definition) is 3. The van der Waals surface area contributed by atoms with Gasteiger partial charge in [0.25, 0.3) is 5.91 Å². The first-order valence-corrected chi connectivity index (χ1v) is 8.99. The van der Waals surface area contributed by atoms with E-state index in [0.717, 1.165) is 21.4 Å². The van der Waals surface area contributed by atoms with Gasteiger partial charge in [-0.05, 0) is 48.2 Å². The van der Waals surface area contributed by atoms with E-state index in [4.69, 9.17) is 4.74 Å². The van der Waals surface area contributed by atoms with Crippen LogP contribution in [0.2, 0.25) is 0 Å². The Morgan fingerprint density at radius 2 is 1.71 bits per heavy atom. The van der Waals surface area contributed by atoms with Crippen molar-refractivity contribution in [3.05, 3.63) is 66.7 Å². The summed E-state index contributed by atoms with van der Waals surface area (Å²) in [4.78, 5) is 13.4. The highest BCUT2D eigenvalue weighted by Crippen LogP contribution is 2.25. The average Bonchev–Trinajstić information content (AvgIpc) is 2.62. The number of amides is 1. The van der Waals surface area contributed by atoms with E-state index in [1.54, 1.807) is 18.7 Å². The molecule has 1 atom stereocenters. The quantitative estimate of drug-likeness (QED) is 0.668. The molecule has 0 radical (unpaired) electrons. The average molecular weight is 337 g/mol. The van der Waals surface area contributed by atoms with E-state index in [1.807, 2.05) is 66.9 Å². The van der Waals surface area contributed by atoms with Crippen LogP contribution in [-0.4, -0.2) is 18.3 Å². The van der Waals surface area contributed by atoms with Gasteiger partial charge in [-0.2, -0.15) is 0 Å². The topological polar surface area (TPSA) is 38.3 Å². The molecule has 3 nitrogen and oxygen atoms in total.